The van der Waals surface area contributed by atoms with Crippen LogP contribution in [0.2, 0.25) is 0 Å². The zero-order valence-electron chi connectivity index (χ0n) is 13.0. The van der Waals surface area contributed by atoms with Gasteiger partial charge in [0.1, 0.15) is 0 Å². The second-order valence-corrected chi connectivity index (χ2v) is 6.07. The first-order chi connectivity index (χ1) is 10.7. The SMILES string of the molecule is Cc1cccc([C@@H](NC(=O)CCc2ccccc2)C2CC2)n1. The molecule has 1 amide bonds. The Morgan fingerprint density at radius 2 is 1.95 bits per heavy atom. The van der Waals surface area contributed by atoms with E-state index in [4.69, 9.17) is 0 Å². The van der Waals surface area contributed by atoms with Crippen molar-refractivity contribution in [3.63, 3.8) is 0 Å². The van der Waals surface area contributed by atoms with Gasteiger partial charge in [0.15, 0.2) is 0 Å². The highest BCUT2D eigenvalue weighted by Gasteiger charge is 2.34. The second-order valence-electron chi connectivity index (χ2n) is 6.07. The molecule has 1 heterocycles. The van der Waals surface area contributed by atoms with Crippen LogP contribution in [-0.2, 0) is 11.2 Å². The molecule has 0 spiro atoms. The molecule has 0 aliphatic heterocycles. The van der Waals surface area contributed by atoms with Crippen molar-refractivity contribution in [2.75, 3.05) is 0 Å². The molecular weight excluding hydrogens is 272 g/mol. The first kappa shape index (κ1) is 14.8. The molecule has 1 N–H and O–H groups in total. The zero-order chi connectivity index (χ0) is 15.4. The maximum Gasteiger partial charge on any atom is 0.220 e. The molecule has 1 atom stereocenters. The molecule has 1 aromatic heterocycles. The van der Waals surface area contributed by atoms with E-state index in [1.54, 1.807) is 0 Å². The number of pyridine rings is 1. The molecule has 1 saturated carbocycles. The van der Waals surface area contributed by atoms with Crippen molar-refractivity contribution in [3.8, 4) is 0 Å². The quantitative estimate of drug-likeness (QED) is 0.884. The van der Waals surface area contributed by atoms with Crippen LogP contribution < -0.4 is 5.32 Å². The lowest BCUT2D eigenvalue weighted by atomic mass is 10.1. The third kappa shape index (κ3) is 3.94. The number of aromatic nitrogens is 1. The predicted molar refractivity (Wildman–Crippen MR) is 87.3 cm³/mol. The van der Waals surface area contributed by atoms with Crippen molar-refractivity contribution in [1.29, 1.82) is 0 Å². The average molecular weight is 294 g/mol. The Morgan fingerprint density at radius 1 is 1.18 bits per heavy atom. The minimum absolute atomic E-state index is 0.0724. The van der Waals surface area contributed by atoms with Gasteiger partial charge in [0.2, 0.25) is 5.91 Å². The van der Waals surface area contributed by atoms with E-state index in [1.807, 2.05) is 43.3 Å². The maximum absolute atomic E-state index is 12.3. The summed E-state index contributed by atoms with van der Waals surface area (Å²) in [6, 6.07) is 16.2. The lowest BCUT2D eigenvalue weighted by Crippen LogP contribution is -2.30. The van der Waals surface area contributed by atoms with Gasteiger partial charge in [-0.1, -0.05) is 36.4 Å². The number of nitrogens with zero attached hydrogens (tertiary/aromatic N) is 1. The minimum Gasteiger partial charge on any atom is -0.347 e. The van der Waals surface area contributed by atoms with Gasteiger partial charge in [-0.05, 0) is 49.8 Å². The van der Waals surface area contributed by atoms with E-state index in [1.165, 1.54) is 18.4 Å². The Labute approximate surface area is 131 Å². The highest BCUT2D eigenvalue weighted by Crippen LogP contribution is 2.40. The number of hydrogen-bond acceptors (Lipinski definition) is 2. The van der Waals surface area contributed by atoms with Gasteiger partial charge in [-0.3, -0.25) is 9.78 Å². The first-order valence-corrected chi connectivity index (χ1v) is 7.99. The Bertz CT molecular complexity index is 635. The summed E-state index contributed by atoms with van der Waals surface area (Å²) in [5.41, 5.74) is 3.20. The highest BCUT2D eigenvalue weighted by atomic mass is 16.1. The number of amides is 1. The van der Waals surface area contributed by atoms with E-state index in [0.29, 0.717) is 12.3 Å². The van der Waals surface area contributed by atoms with Crippen molar-refractivity contribution in [1.82, 2.24) is 10.3 Å². The Morgan fingerprint density at radius 3 is 2.64 bits per heavy atom. The zero-order valence-corrected chi connectivity index (χ0v) is 13.0. The molecule has 1 fully saturated rings. The van der Waals surface area contributed by atoms with Crippen LogP contribution in [0, 0.1) is 12.8 Å². The molecule has 0 saturated heterocycles. The fourth-order valence-corrected chi connectivity index (χ4v) is 2.75. The summed E-state index contributed by atoms with van der Waals surface area (Å²) in [5.74, 6) is 0.666. The van der Waals surface area contributed by atoms with Gasteiger partial charge in [-0.25, -0.2) is 0 Å². The van der Waals surface area contributed by atoms with Crippen LogP contribution in [0.5, 0.6) is 0 Å². The lowest BCUT2D eigenvalue weighted by molar-refractivity contribution is -0.122. The fraction of sp³-hybridized carbons (Fsp3) is 0.368. The van der Waals surface area contributed by atoms with Crippen LogP contribution in [0.3, 0.4) is 0 Å². The van der Waals surface area contributed by atoms with E-state index < -0.39 is 0 Å². The van der Waals surface area contributed by atoms with Crippen molar-refractivity contribution in [3.05, 3.63) is 65.5 Å². The molecule has 0 bridgehead atoms. The van der Waals surface area contributed by atoms with Gasteiger partial charge in [-0.2, -0.15) is 0 Å². The molecule has 1 aliphatic carbocycles. The Kier molecular flexibility index (Phi) is 4.52. The fourth-order valence-electron chi connectivity index (χ4n) is 2.75. The Balaban J connectivity index is 1.60. The number of aryl methyl sites for hydroxylation is 2. The predicted octanol–water partition coefficient (Wildman–Crippen LogP) is 3.59. The number of rotatable bonds is 6. The maximum atomic E-state index is 12.3. The van der Waals surface area contributed by atoms with Crippen molar-refractivity contribution >= 4 is 5.91 Å². The normalized spacial score (nSPS) is 15.3. The van der Waals surface area contributed by atoms with E-state index in [9.17, 15) is 4.79 Å². The summed E-state index contributed by atoms with van der Waals surface area (Å²) in [6.45, 7) is 1.99. The van der Waals surface area contributed by atoms with Crippen LogP contribution in [0.1, 0.15) is 42.3 Å². The summed E-state index contributed by atoms with van der Waals surface area (Å²) in [6.07, 6.45) is 3.67. The molecule has 1 aromatic carbocycles. The summed E-state index contributed by atoms with van der Waals surface area (Å²) in [4.78, 5) is 16.9. The molecule has 114 valence electrons. The van der Waals surface area contributed by atoms with Gasteiger partial charge < -0.3 is 5.32 Å². The number of benzene rings is 1. The first-order valence-electron chi connectivity index (χ1n) is 7.99. The summed E-state index contributed by atoms with van der Waals surface area (Å²) in [5, 5.41) is 3.19. The topological polar surface area (TPSA) is 42.0 Å². The third-order valence-electron chi connectivity index (χ3n) is 4.12. The van der Waals surface area contributed by atoms with Gasteiger partial charge >= 0.3 is 0 Å². The van der Waals surface area contributed by atoms with E-state index in [0.717, 1.165) is 17.8 Å². The number of carbonyl (C=O) groups excluding carboxylic acids is 1. The van der Waals surface area contributed by atoms with Gasteiger partial charge in [0.25, 0.3) is 0 Å². The summed E-state index contributed by atoms with van der Waals surface area (Å²) >= 11 is 0. The van der Waals surface area contributed by atoms with Crippen LogP contribution in [0.15, 0.2) is 48.5 Å². The van der Waals surface area contributed by atoms with Gasteiger partial charge in [0.05, 0.1) is 11.7 Å². The molecule has 0 radical (unpaired) electrons. The highest BCUT2D eigenvalue weighted by molar-refractivity contribution is 5.76. The van der Waals surface area contributed by atoms with Crippen molar-refractivity contribution in [2.45, 2.75) is 38.6 Å². The summed E-state index contributed by atoms with van der Waals surface area (Å²) < 4.78 is 0. The van der Waals surface area contributed by atoms with Crippen molar-refractivity contribution in [2.24, 2.45) is 5.92 Å². The van der Waals surface area contributed by atoms with Gasteiger partial charge in [-0.15, -0.1) is 0 Å². The molecule has 0 unspecified atom stereocenters. The molecule has 3 heteroatoms. The lowest BCUT2D eigenvalue weighted by Gasteiger charge is -2.18. The van der Waals surface area contributed by atoms with Crippen molar-refractivity contribution < 1.29 is 4.79 Å². The average Bonchev–Trinajstić information content (AvgIpc) is 3.36. The largest absolute Gasteiger partial charge is 0.347 e. The smallest absolute Gasteiger partial charge is 0.220 e. The van der Waals surface area contributed by atoms with E-state index in [-0.39, 0.29) is 11.9 Å². The minimum atomic E-state index is 0.0724. The molecular formula is C19H22N2O. The third-order valence-corrected chi connectivity index (χ3v) is 4.12. The molecule has 3 nitrogen and oxygen atoms in total. The summed E-state index contributed by atoms with van der Waals surface area (Å²) in [7, 11) is 0. The van der Waals surface area contributed by atoms with E-state index in [2.05, 4.69) is 22.4 Å². The molecule has 2 aromatic rings. The van der Waals surface area contributed by atoms with Crippen LogP contribution in [0.4, 0.5) is 0 Å². The van der Waals surface area contributed by atoms with Crippen LogP contribution in [-0.4, -0.2) is 10.9 Å². The van der Waals surface area contributed by atoms with Crippen LogP contribution >= 0.6 is 0 Å². The number of hydrogen-bond donors (Lipinski definition) is 1. The monoisotopic (exact) mass is 294 g/mol. The number of carbonyl (C=O) groups is 1. The van der Waals surface area contributed by atoms with Crippen LogP contribution in [0.25, 0.3) is 0 Å². The Hall–Kier alpha value is -2.16. The van der Waals surface area contributed by atoms with Gasteiger partial charge in [0, 0.05) is 12.1 Å². The number of nitrogens with one attached hydrogen (secondary N) is 1. The van der Waals surface area contributed by atoms with E-state index >= 15 is 0 Å². The standard InChI is InChI=1S/C19H22N2O/c1-14-6-5-9-17(20-14)19(16-11-12-16)21-18(22)13-10-15-7-3-2-4-8-15/h2-9,16,19H,10-13H2,1H3,(H,21,22)/t19-/m0/s1. The second kappa shape index (κ2) is 6.73. The molecule has 1 aliphatic rings. The molecule has 3 rings (SSSR count). The molecule has 22 heavy (non-hydrogen) atoms.